The number of halogens is 3. The largest absolute Gasteiger partial charge is 0.417 e. The molecule has 0 saturated carbocycles. The molecule has 0 fully saturated rings. The lowest BCUT2D eigenvalue weighted by atomic mass is 10.1. The number of nitrogens with two attached hydrogens (primary N) is 1. The van der Waals surface area contributed by atoms with Crippen LogP contribution in [0.4, 0.5) is 18.9 Å². The van der Waals surface area contributed by atoms with Crippen molar-refractivity contribution in [1.29, 1.82) is 0 Å². The number of hydrogen-bond donors (Lipinski definition) is 2. The first-order valence-electron chi connectivity index (χ1n) is 6.97. The highest BCUT2D eigenvalue weighted by molar-refractivity contribution is 7.89. The highest BCUT2D eigenvalue weighted by Gasteiger charge is 2.36. The van der Waals surface area contributed by atoms with E-state index in [0.29, 0.717) is 5.69 Å². The highest BCUT2D eigenvalue weighted by Crippen LogP contribution is 2.36. The number of rotatable bonds is 5. The third kappa shape index (κ3) is 4.25. The Labute approximate surface area is 141 Å². The van der Waals surface area contributed by atoms with E-state index in [1.807, 2.05) is 12.3 Å². The topological polar surface area (TPSA) is 85.1 Å². The number of sulfonamides is 1. The summed E-state index contributed by atoms with van der Waals surface area (Å²) in [5.41, 5.74) is -0.455. The van der Waals surface area contributed by atoms with Crippen molar-refractivity contribution in [3.63, 3.8) is 0 Å². The molecule has 3 N–H and O–H groups in total. The molecule has 1 heterocycles. The van der Waals surface area contributed by atoms with Gasteiger partial charge in [0.2, 0.25) is 10.0 Å². The Kier molecular flexibility index (Phi) is 5.21. The Hall–Kier alpha value is -1.65. The van der Waals surface area contributed by atoms with Gasteiger partial charge >= 0.3 is 6.18 Å². The summed E-state index contributed by atoms with van der Waals surface area (Å²) in [7, 11) is -4.47. The van der Waals surface area contributed by atoms with Gasteiger partial charge in [-0.1, -0.05) is 6.92 Å². The first kappa shape index (κ1) is 18.7. The molecule has 0 radical (unpaired) electrons. The van der Waals surface area contributed by atoms with Crippen LogP contribution in [0.1, 0.15) is 36.2 Å². The van der Waals surface area contributed by atoms with Gasteiger partial charge in [-0.05, 0) is 31.5 Å². The molecule has 10 heteroatoms. The minimum absolute atomic E-state index is 0.133. The lowest BCUT2D eigenvalue weighted by Gasteiger charge is -2.17. The van der Waals surface area contributed by atoms with Crippen molar-refractivity contribution in [1.82, 2.24) is 4.98 Å². The van der Waals surface area contributed by atoms with Gasteiger partial charge in [0, 0.05) is 11.1 Å². The summed E-state index contributed by atoms with van der Waals surface area (Å²) in [5.74, 6) is 0. The van der Waals surface area contributed by atoms with Gasteiger partial charge in [0.1, 0.15) is 0 Å². The Morgan fingerprint density at radius 2 is 2.04 bits per heavy atom. The van der Waals surface area contributed by atoms with E-state index >= 15 is 0 Å². The summed E-state index contributed by atoms with van der Waals surface area (Å²) in [6.07, 6.45) is -4.06. The lowest BCUT2D eigenvalue weighted by molar-refractivity contribution is -0.139. The Balaban J connectivity index is 2.35. The van der Waals surface area contributed by atoms with E-state index in [2.05, 4.69) is 10.3 Å². The average Bonchev–Trinajstić information content (AvgIpc) is 2.94. The maximum atomic E-state index is 13.1. The van der Waals surface area contributed by atoms with Gasteiger partial charge in [0.25, 0.3) is 0 Å². The maximum Gasteiger partial charge on any atom is 0.417 e. The van der Waals surface area contributed by atoms with E-state index in [-0.39, 0.29) is 11.7 Å². The van der Waals surface area contributed by atoms with Gasteiger partial charge in [-0.25, -0.2) is 18.5 Å². The second-order valence-corrected chi connectivity index (χ2v) is 7.61. The number of nitrogens with zero attached hydrogens (tertiary/aromatic N) is 1. The molecule has 2 aromatic rings. The van der Waals surface area contributed by atoms with Crippen LogP contribution in [-0.2, 0) is 22.6 Å². The molecular formula is C14H16F3N3O2S2. The van der Waals surface area contributed by atoms with Crippen LogP contribution in [0.25, 0.3) is 0 Å². The van der Waals surface area contributed by atoms with Crippen LogP contribution in [0.15, 0.2) is 28.5 Å². The third-order valence-electron chi connectivity index (χ3n) is 3.29. The lowest BCUT2D eigenvalue weighted by Crippen LogP contribution is -2.19. The number of nitrogens with one attached hydrogen (secondary N) is 1. The maximum absolute atomic E-state index is 13.1. The zero-order valence-electron chi connectivity index (χ0n) is 12.9. The van der Waals surface area contributed by atoms with Gasteiger partial charge in [0.05, 0.1) is 27.2 Å². The predicted octanol–water partition coefficient (Wildman–Crippen LogP) is 3.54. The summed E-state index contributed by atoms with van der Waals surface area (Å²) in [4.78, 5) is 3.42. The molecule has 0 aliphatic rings. The molecule has 1 unspecified atom stereocenters. The van der Waals surface area contributed by atoms with Gasteiger partial charge in [-0.15, -0.1) is 11.3 Å². The van der Waals surface area contributed by atoms with Crippen LogP contribution in [-0.4, -0.2) is 13.4 Å². The van der Waals surface area contributed by atoms with Crippen LogP contribution in [0, 0.1) is 0 Å². The van der Waals surface area contributed by atoms with Crippen molar-refractivity contribution in [3.8, 4) is 0 Å². The van der Waals surface area contributed by atoms with E-state index in [1.165, 1.54) is 17.4 Å². The molecule has 5 nitrogen and oxygen atoms in total. The van der Waals surface area contributed by atoms with E-state index in [4.69, 9.17) is 5.14 Å². The normalized spacial score (nSPS) is 13.8. The molecule has 0 spiro atoms. The Morgan fingerprint density at radius 1 is 1.38 bits per heavy atom. The van der Waals surface area contributed by atoms with Crippen molar-refractivity contribution in [3.05, 3.63) is 39.8 Å². The van der Waals surface area contributed by atoms with Gasteiger partial charge < -0.3 is 5.32 Å². The zero-order valence-corrected chi connectivity index (χ0v) is 14.5. The number of aromatic nitrogens is 1. The third-order valence-corrected chi connectivity index (χ3v) is 5.27. The summed E-state index contributed by atoms with van der Waals surface area (Å²) in [5, 5.41) is 10.5. The van der Waals surface area contributed by atoms with E-state index in [1.54, 1.807) is 6.92 Å². The van der Waals surface area contributed by atoms with Crippen LogP contribution in [0.3, 0.4) is 0 Å². The molecule has 1 aromatic carbocycles. The van der Waals surface area contributed by atoms with Crippen molar-refractivity contribution < 1.29 is 21.6 Å². The fourth-order valence-electron chi connectivity index (χ4n) is 2.10. The number of anilines is 1. The minimum atomic E-state index is -4.83. The average molecular weight is 379 g/mol. The standard InChI is InChI=1S/C14H16F3N3O2S2/c1-3-13-20-11(7-23-13)8(2)19-9-4-5-12(24(18,21)22)10(6-9)14(15,16)17/h4-8,19H,3H2,1-2H3,(H2,18,21,22). The molecule has 132 valence electrons. The second-order valence-electron chi connectivity index (χ2n) is 5.14. The monoisotopic (exact) mass is 379 g/mol. The number of hydrogen-bond acceptors (Lipinski definition) is 5. The molecule has 0 amide bonds. The molecule has 1 atom stereocenters. The van der Waals surface area contributed by atoms with Crippen LogP contribution in [0.2, 0.25) is 0 Å². The van der Waals surface area contributed by atoms with Crippen LogP contribution < -0.4 is 10.5 Å². The Bertz CT molecular complexity index is 832. The second kappa shape index (κ2) is 6.69. The summed E-state index contributed by atoms with van der Waals surface area (Å²) < 4.78 is 62.0. The quantitative estimate of drug-likeness (QED) is 0.832. The van der Waals surface area contributed by atoms with Crippen LogP contribution >= 0.6 is 11.3 Å². The Morgan fingerprint density at radius 3 is 2.54 bits per heavy atom. The first-order valence-corrected chi connectivity index (χ1v) is 9.40. The van der Waals surface area contributed by atoms with Crippen molar-refractivity contribution in [2.75, 3.05) is 5.32 Å². The fourth-order valence-corrected chi connectivity index (χ4v) is 3.68. The number of thiazole rings is 1. The predicted molar refractivity (Wildman–Crippen MR) is 86.3 cm³/mol. The van der Waals surface area contributed by atoms with Gasteiger partial charge in [0.15, 0.2) is 0 Å². The van der Waals surface area contributed by atoms with Gasteiger partial charge in [-0.3, -0.25) is 0 Å². The van der Waals surface area contributed by atoms with Crippen LogP contribution in [0.5, 0.6) is 0 Å². The number of benzene rings is 1. The van der Waals surface area contributed by atoms with E-state index < -0.39 is 26.7 Å². The van der Waals surface area contributed by atoms with Crippen molar-refractivity contribution >= 4 is 27.0 Å². The summed E-state index contributed by atoms with van der Waals surface area (Å²) in [6, 6.07) is 2.51. The SMILES string of the molecule is CCc1nc(C(C)Nc2ccc(S(N)(=O)=O)c(C(F)(F)F)c2)cs1. The van der Waals surface area contributed by atoms with Crippen molar-refractivity contribution in [2.45, 2.75) is 37.4 Å². The minimum Gasteiger partial charge on any atom is -0.377 e. The van der Waals surface area contributed by atoms with E-state index in [9.17, 15) is 21.6 Å². The van der Waals surface area contributed by atoms with E-state index in [0.717, 1.165) is 23.6 Å². The number of aryl methyl sites for hydroxylation is 1. The summed E-state index contributed by atoms with van der Waals surface area (Å²) >= 11 is 1.47. The summed E-state index contributed by atoms with van der Waals surface area (Å²) in [6.45, 7) is 3.72. The molecule has 0 bridgehead atoms. The fraction of sp³-hybridized carbons (Fsp3) is 0.357. The molecule has 1 aromatic heterocycles. The number of primary sulfonamides is 1. The molecule has 24 heavy (non-hydrogen) atoms. The van der Waals surface area contributed by atoms with Gasteiger partial charge in [-0.2, -0.15) is 13.2 Å². The molecule has 0 aliphatic carbocycles. The molecule has 0 saturated heterocycles. The molecular weight excluding hydrogens is 363 g/mol. The molecule has 2 rings (SSSR count). The highest BCUT2D eigenvalue weighted by atomic mass is 32.2. The number of alkyl halides is 3. The smallest absolute Gasteiger partial charge is 0.377 e. The molecule has 0 aliphatic heterocycles. The van der Waals surface area contributed by atoms with Crippen molar-refractivity contribution in [2.24, 2.45) is 5.14 Å². The zero-order chi connectivity index (χ0) is 18.1. The first-order chi connectivity index (χ1) is 11.0.